The van der Waals surface area contributed by atoms with Crippen LogP contribution in [0.4, 0.5) is 0 Å². The fraction of sp³-hybridized carbons (Fsp3) is 0.200. The Bertz CT molecular complexity index is 541. The minimum absolute atomic E-state index is 0.153. The summed E-state index contributed by atoms with van der Waals surface area (Å²) in [5, 5.41) is 3.04. The SMILES string of the molecule is COc1ccc(CNCOC(=O)c2cccnc2)cc1. The largest absolute Gasteiger partial charge is 0.497 e. The third-order valence-corrected chi connectivity index (χ3v) is 2.69. The summed E-state index contributed by atoms with van der Waals surface area (Å²) in [5.74, 6) is 0.428. The van der Waals surface area contributed by atoms with Crippen molar-refractivity contribution in [1.82, 2.24) is 10.3 Å². The van der Waals surface area contributed by atoms with E-state index in [9.17, 15) is 4.79 Å². The zero-order chi connectivity index (χ0) is 14.2. The Balaban J connectivity index is 1.72. The number of benzene rings is 1. The van der Waals surface area contributed by atoms with E-state index in [1.54, 1.807) is 25.4 Å². The fourth-order valence-corrected chi connectivity index (χ4v) is 1.62. The molecular formula is C15H16N2O3. The number of methoxy groups -OCH3 is 1. The van der Waals surface area contributed by atoms with Crippen molar-refractivity contribution in [1.29, 1.82) is 0 Å². The molecule has 2 rings (SSSR count). The van der Waals surface area contributed by atoms with E-state index in [-0.39, 0.29) is 12.7 Å². The zero-order valence-electron chi connectivity index (χ0n) is 11.2. The van der Waals surface area contributed by atoms with Crippen LogP contribution in [0.1, 0.15) is 15.9 Å². The van der Waals surface area contributed by atoms with E-state index in [2.05, 4.69) is 10.3 Å². The molecule has 0 unspecified atom stereocenters. The second-order valence-electron chi connectivity index (χ2n) is 4.09. The summed E-state index contributed by atoms with van der Waals surface area (Å²) in [7, 11) is 1.63. The summed E-state index contributed by atoms with van der Waals surface area (Å²) in [6, 6.07) is 11.0. The van der Waals surface area contributed by atoms with Gasteiger partial charge in [0.2, 0.25) is 0 Å². The van der Waals surface area contributed by atoms with Gasteiger partial charge in [0.25, 0.3) is 0 Å². The number of carbonyl (C=O) groups excluding carboxylic acids is 1. The molecule has 0 bridgehead atoms. The Morgan fingerprint density at radius 2 is 2.05 bits per heavy atom. The highest BCUT2D eigenvalue weighted by Gasteiger charge is 2.05. The van der Waals surface area contributed by atoms with Gasteiger partial charge in [-0.15, -0.1) is 0 Å². The topological polar surface area (TPSA) is 60.5 Å². The van der Waals surface area contributed by atoms with E-state index in [1.807, 2.05) is 24.3 Å². The van der Waals surface area contributed by atoms with Gasteiger partial charge in [-0.1, -0.05) is 12.1 Å². The standard InChI is InChI=1S/C15H16N2O3/c1-19-14-6-4-12(5-7-14)9-17-11-20-15(18)13-3-2-8-16-10-13/h2-8,10,17H,9,11H2,1H3. The average molecular weight is 272 g/mol. The summed E-state index contributed by atoms with van der Waals surface area (Å²) >= 11 is 0. The Kier molecular flexibility index (Phi) is 5.08. The van der Waals surface area contributed by atoms with Gasteiger partial charge >= 0.3 is 5.97 Å². The molecule has 1 aromatic heterocycles. The number of rotatable bonds is 6. The fourth-order valence-electron chi connectivity index (χ4n) is 1.62. The maximum Gasteiger partial charge on any atom is 0.341 e. The number of aromatic nitrogens is 1. The second-order valence-corrected chi connectivity index (χ2v) is 4.09. The molecule has 0 fully saturated rings. The monoisotopic (exact) mass is 272 g/mol. The van der Waals surface area contributed by atoms with Crippen LogP contribution in [0.5, 0.6) is 5.75 Å². The summed E-state index contributed by atoms with van der Waals surface area (Å²) in [4.78, 5) is 15.5. The molecule has 0 aliphatic heterocycles. The molecule has 1 aromatic carbocycles. The summed E-state index contributed by atoms with van der Waals surface area (Å²) in [6.45, 7) is 0.768. The first-order valence-corrected chi connectivity index (χ1v) is 6.20. The molecule has 2 aromatic rings. The first kappa shape index (κ1) is 14.0. The maximum absolute atomic E-state index is 11.6. The van der Waals surface area contributed by atoms with Crippen LogP contribution in [0.2, 0.25) is 0 Å². The maximum atomic E-state index is 11.6. The molecular weight excluding hydrogens is 256 g/mol. The number of nitrogens with zero attached hydrogens (tertiary/aromatic N) is 1. The molecule has 0 spiro atoms. The molecule has 0 atom stereocenters. The Morgan fingerprint density at radius 1 is 1.25 bits per heavy atom. The molecule has 0 saturated heterocycles. The highest BCUT2D eigenvalue weighted by atomic mass is 16.5. The molecule has 1 N–H and O–H groups in total. The number of hydrogen-bond donors (Lipinski definition) is 1. The van der Waals surface area contributed by atoms with Crippen LogP contribution >= 0.6 is 0 Å². The Labute approximate surface area is 117 Å². The zero-order valence-corrected chi connectivity index (χ0v) is 11.2. The van der Waals surface area contributed by atoms with Gasteiger partial charge in [-0.2, -0.15) is 0 Å². The quantitative estimate of drug-likeness (QED) is 0.495. The van der Waals surface area contributed by atoms with Gasteiger partial charge in [0.15, 0.2) is 0 Å². The lowest BCUT2D eigenvalue weighted by Gasteiger charge is -2.07. The number of nitrogens with one attached hydrogen (secondary N) is 1. The first-order valence-electron chi connectivity index (χ1n) is 6.20. The van der Waals surface area contributed by atoms with Crippen molar-refractivity contribution in [3.8, 4) is 5.75 Å². The van der Waals surface area contributed by atoms with Crippen molar-refractivity contribution >= 4 is 5.97 Å². The van der Waals surface area contributed by atoms with E-state index in [1.165, 1.54) is 6.20 Å². The van der Waals surface area contributed by atoms with Crippen LogP contribution in [-0.4, -0.2) is 24.8 Å². The number of pyridine rings is 1. The summed E-state index contributed by atoms with van der Waals surface area (Å²) < 4.78 is 10.2. The third kappa shape index (κ3) is 4.07. The van der Waals surface area contributed by atoms with E-state index in [0.717, 1.165) is 11.3 Å². The summed E-state index contributed by atoms with van der Waals surface area (Å²) in [6.07, 6.45) is 3.09. The van der Waals surface area contributed by atoms with Gasteiger partial charge in [0, 0.05) is 18.9 Å². The van der Waals surface area contributed by atoms with Gasteiger partial charge in [0.05, 0.1) is 12.7 Å². The van der Waals surface area contributed by atoms with Crippen molar-refractivity contribution in [2.24, 2.45) is 0 Å². The van der Waals surface area contributed by atoms with E-state index in [0.29, 0.717) is 12.1 Å². The van der Waals surface area contributed by atoms with Crippen LogP contribution in [0.25, 0.3) is 0 Å². The van der Waals surface area contributed by atoms with Crippen LogP contribution in [0.15, 0.2) is 48.8 Å². The molecule has 0 aliphatic rings. The normalized spacial score (nSPS) is 10.1. The molecule has 0 aliphatic carbocycles. The van der Waals surface area contributed by atoms with Crippen LogP contribution in [-0.2, 0) is 11.3 Å². The third-order valence-electron chi connectivity index (χ3n) is 2.69. The molecule has 1 heterocycles. The minimum Gasteiger partial charge on any atom is -0.497 e. The van der Waals surface area contributed by atoms with Crippen molar-refractivity contribution < 1.29 is 14.3 Å². The van der Waals surface area contributed by atoms with Crippen molar-refractivity contribution in [3.63, 3.8) is 0 Å². The van der Waals surface area contributed by atoms with Crippen LogP contribution in [0, 0.1) is 0 Å². The molecule has 20 heavy (non-hydrogen) atoms. The van der Waals surface area contributed by atoms with Gasteiger partial charge < -0.3 is 9.47 Å². The molecule has 0 amide bonds. The lowest BCUT2D eigenvalue weighted by atomic mass is 10.2. The predicted octanol–water partition coefficient (Wildman–Crippen LogP) is 1.99. The van der Waals surface area contributed by atoms with Crippen LogP contribution < -0.4 is 10.1 Å². The first-order chi connectivity index (χ1) is 9.79. The molecule has 0 radical (unpaired) electrons. The summed E-state index contributed by atoms with van der Waals surface area (Å²) in [5.41, 5.74) is 1.53. The number of carbonyl (C=O) groups is 1. The van der Waals surface area contributed by atoms with Crippen molar-refractivity contribution in [2.45, 2.75) is 6.54 Å². The molecule has 5 nitrogen and oxygen atoms in total. The van der Waals surface area contributed by atoms with Gasteiger partial charge in [-0.05, 0) is 29.8 Å². The van der Waals surface area contributed by atoms with Crippen molar-refractivity contribution in [3.05, 3.63) is 59.9 Å². The van der Waals surface area contributed by atoms with Gasteiger partial charge in [0.1, 0.15) is 12.5 Å². The van der Waals surface area contributed by atoms with Gasteiger partial charge in [-0.25, -0.2) is 4.79 Å². The van der Waals surface area contributed by atoms with Gasteiger partial charge in [-0.3, -0.25) is 10.3 Å². The lowest BCUT2D eigenvalue weighted by molar-refractivity contribution is 0.0469. The second kappa shape index (κ2) is 7.25. The lowest BCUT2D eigenvalue weighted by Crippen LogP contribution is -2.20. The molecule has 0 saturated carbocycles. The van der Waals surface area contributed by atoms with Crippen molar-refractivity contribution in [2.75, 3.05) is 13.8 Å². The number of esters is 1. The Hall–Kier alpha value is -2.40. The van der Waals surface area contributed by atoms with Crippen LogP contribution in [0.3, 0.4) is 0 Å². The van der Waals surface area contributed by atoms with E-state index in [4.69, 9.17) is 9.47 Å². The average Bonchev–Trinajstić information content (AvgIpc) is 2.53. The number of ether oxygens (including phenoxy) is 2. The van der Waals surface area contributed by atoms with E-state index < -0.39 is 0 Å². The minimum atomic E-state index is -0.389. The highest BCUT2D eigenvalue weighted by molar-refractivity contribution is 5.88. The molecule has 104 valence electrons. The van der Waals surface area contributed by atoms with E-state index >= 15 is 0 Å². The highest BCUT2D eigenvalue weighted by Crippen LogP contribution is 2.10. The predicted molar refractivity (Wildman–Crippen MR) is 74.4 cm³/mol. The Morgan fingerprint density at radius 3 is 2.70 bits per heavy atom. The number of hydrogen-bond acceptors (Lipinski definition) is 5. The smallest absolute Gasteiger partial charge is 0.341 e. The molecule has 5 heteroatoms.